The molecule has 3 fully saturated rings. The fraction of sp³-hybridized carbons (Fsp3) is 0.760. The molecule has 1 saturated heterocycles. The van der Waals surface area contributed by atoms with E-state index in [4.69, 9.17) is 4.74 Å². The minimum Gasteiger partial charge on any atom is -0.458 e. The number of carbonyl (C=O) groups excluding carboxylic acids is 2. The molecule has 4 aliphatic carbocycles. The Bertz CT molecular complexity index is 813. The number of hydrogen-bond donors (Lipinski definition) is 0. The molecule has 5 aliphatic rings. The Kier molecular flexibility index (Phi) is 4.24. The van der Waals surface area contributed by atoms with Gasteiger partial charge in [0.2, 0.25) is 0 Å². The molecule has 1 aliphatic heterocycles. The van der Waals surface area contributed by atoms with Gasteiger partial charge in [-0.25, -0.2) is 0 Å². The fourth-order valence-corrected chi connectivity index (χ4v) is 8.08. The molecule has 2 saturated carbocycles. The summed E-state index contributed by atoms with van der Waals surface area (Å²) in [5.74, 6) is 2.09. The molecule has 4 heteroatoms. The summed E-state index contributed by atoms with van der Waals surface area (Å²) in [7, 11) is 4.12. The first-order chi connectivity index (χ1) is 13.7. The molecule has 0 radical (unpaired) electrons. The highest BCUT2D eigenvalue weighted by Gasteiger charge is 2.66. The van der Waals surface area contributed by atoms with Crippen LogP contribution >= 0.6 is 0 Å². The molecular formula is C25H35NO3. The Morgan fingerprint density at radius 1 is 1.10 bits per heavy atom. The number of rotatable bonds is 2. The third-order valence-electron chi connectivity index (χ3n) is 9.60. The lowest BCUT2D eigenvalue weighted by atomic mass is 9.47. The van der Waals surface area contributed by atoms with Crippen molar-refractivity contribution in [3.8, 4) is 0 Å². The topological polar surface area (TPSA) is 46.6 Å². The second-order valence-corrected chi connectivity index (χ2v) is 11.2. The molecular weight excluding hydrogens is 362 g/mol. The summed E-state index contributed by atoms with van der Waals surface area (Å²) in [6, 6.07) is 0. The van der Waals surface area contributed by atoms with Crippen molar-refractivity contribution >= 4 is 11.8 Å². The average molecular weight is 398 g/mol. The van der Waals surface area contributed by atoms with E-state index in [1.165, 1.54) is 5.57 Å². The zero-order valence-corrected chi connectivity index (χ0v) is 18.4. The molecule has 0 aromatic carbocycles. The van der Waals surface area contributed by atoms with Crippen LogP contribution in [0, 0.1) is 34.5 Å². The highest BCUT2D eigenvalue weighted by molar-refractivity contribution is 5.94. The van der Waals surface area contributed by atoms with E-state index in [-0.39, 0.29) is 28.3 Å². The third kappa shape index (κ3) is 2.60. The van der Waals surface area contributed by atoms with Gasteiger partial charge in [0, 0.05) is 24.3 Å². The van der Waals surface area contributed by atoms with Crippen molar-refractivity contribution in [2.24, 2.45) is 34.5 Å². The number of carbonyl (C=O) groups is 2. The van der Waals surface area contributed by atoms with E-state index in [2.05, 4.69) is 45.0 Å². The van der Waals surface area contributed by atoms with E-state index in [1.54, 1.807) is 0 Å². The van der Waals surface area contributed by atoms with Crippen molar-refractivity contribution in [3.63, 3.8) is 0 Å². The maximum Gasteiger partial charge on any atom is 0.306 e. The van der Waals surface area contributed by atoms with Crippen molar-refractivity contribution < 1.29 is 14.3 Å². The van der Waals surface area contributed by atoms with Gasteiger partial charge in [-0.05, 0) is 87.4 Å². The predicted molar refractivity (Wildman–Crippen MR) is 112 cm³/mol. The van der Waals surface area contributed by atoms with Crippen molar-refractivity contribution in [3.05, 3.63) is 23.8 Å². The molecule has 5 rings (SSSR count). The van der Waals surface area contributed by atoms with Gasteiger partial charge in [0.1, 0.15) is 5.60 Å². The molecule has 0 N–H and O–H groups in total. The zero-order valence-electron chi connectivity index (χ0n) is 18.4. The van der Waals surface area contributed by atoms with Gasteiger partial charge in [0.05, 0.1) is 0 Å². The van der Waals surface area contributed by atoms with Crippen LogP contribution in [0.2, 0.25) is 0 Å². The van der Waals surface area contributed by atoms with Gasteiger partial charge in [-0.15, -0.1) is 0 Å². The molecule has 0 bridgehead atoms. The van der Waals surface area contributed by atoms with Gasteiger partial charge in [-0.3, -0.25) is 9.59 Å². The summed E-state index contributed by atoms with van der Waals surface area (Å²) in [6.45, 7) is 5.65. The van der Waals surface area contributed by atoms with Gasteiger partial charge in [-0.1, -0.05) is 26.0 Å². The molecule has 158 valence electrons. The largest absolute Gasteiger partial charge is 0.458 e. The number of esters is 1. The molecule has 4 nitrogen and oxygen atoms in total. The number of nitrogens with zero attached hydrogens (tertiary/aromatic N) is 1. The van der Waals surface area contributed by atoms with Crippen LogP contribution in [0.1, 0.15) is 58.8 Å². The minimum atomic E-state index is -0.222. The Hall–Kier alpha value is -1.42. The van der Waals surface area contributed by atoms with Crippen molar-refractivity contribution in [1.29, 1.82) is 0 Å². The van der Waals surface area contributed by atoms with E-state index in [9.17, 15) is 9.59 Å². The molecule has 1 heterocycles. The van der Waals surface area contributed by atoms with Crippen molar-refractivity contribution in [2.45, 2.75) is 64.4 Å². The minimum absolute atomic E-state index is 0.00249. The second-order valence-electron chi connectivity index (χ2n) is 11.2. The molecule has 1 spiro atoms. The smallest absolute Gasteiger partial charge is 0.306 e. The van der Waals surface area contributed by atoms with Gasteiger partial charge in [0.25, 0.3) is 0 Å². The highest BCUT2D eigenvalue weighted by atomic mass is 16.6. The van der Waals surface area contributed by atoms with E-state index in [0.717, 1.165) is 45.1 Å². The van der Waals surface area contributed by atoms with Crippen molar-refractivity contribution in [1.82, 2.24) is 4.90 Å². The molecule has 0 aromatic heterocycles. The quantitative estimate of drug-likeness (QED) is 0.657. The Balaban J connectivity index is 1.48. The van der Waals surface area contributed by atoms with Crippen LogP contribution in [-0.2, 0) is 14.3 Å². The molecule has 7 atom stereocenters. The number of ketones is 1. The van der Waals surface area contributed by atoms with Gasteiger partial charge in [0.15, 0.2) is 5.78 Å². The Morgan fingerprint density at radius 2 is 1.86 bits per heavy atom. The molecule has 0 unspecified atom stereocenters. The summed E-state index contributed by atoms with van der Waals surface area (Å²) >= 11 is 0. The van der Waals surface area contributed by atoms with Gasteiger partial charge < -0.3 is 9.64 Å². The third-order valence-corrected chi connectivity index (χ3v) is 9.60. The van der Waals surface area contributed by atoms with Crippen LogP contribution in [0.5, 0.6) is 0 Å². The second kappa shape index (κ2) is 6.29. The van der Waals surface area contributed by atoms with E-state index in [0.29, 0.717) is 30.0 Å². The van der Waals surface area contributed by atoms with E-state index < -0.39 is 0 Å². The van der Waals surface area contributed by atoms with Crippen LogP contribution in [0.15, 0.2) is 23.8 Å². The van der Waals surface area contributed by atoms with Gasteiger partial charge in [-0.2, -0.15) is 0 Å². The van der Waals surface area contributed by atoms with Crippen LogP contribution in [0.3, 0.4) is 0 Å². The average Bonchev–Trinajstić information content (AvgIpc) is 3.17. The SMILES string of the molecule is CN(C)C[C@@H]1C[C@@]2(C)C(=CC1=O)C=C[C@@H]1[C@@H]2CC[C@@]2(C)[C@H]1CC[C@@]21CCC(=O)O1. The summed E-state index contributed by atoms with van der Waals surface area (Å²) in [5.41, 5.74) is 1.20. The lowest BCUT2D eigenvalue weighted by Gasteiger charge is -2.57. The van der Waals surface area contributed by atoms with Gasteiger partial charge >= 0.3 is 5.97 Å². The summed E-state index contributed by atoms with van der Waals surface area (Å²) in [5, 5.41) is 0. The highest BCUT2D eigenvalue weighted by Crippen LogP contribution is 2.68. The lowest BCUT2D eigenvalue weighted by molar-refractivity contribution is -0.165. The Labute approximate surface area is 174 Å². The Morgan fingerprint density at radius 3 is 2.55 bits per heavy atom. The normalized spacial score (nSPS) is 48.4. The summed E-state index contributed by atoms with van der Waals surface area (Å²) in [4.78, 5) is 26.9. The monoisotopic (exact) mass is 397 g/mol. The van der Waals surface area contributed by atoms with Crippen LogP contribution in [-0.4, -0.2) is 42.9 Å². The standard InChI is InChI=1S/C25H35NO3/c1-23-14-16(15-26(3)4)21(27)13-17(23)5-6-18-19(23)7-10-24(2)20(18)8-11-25(24)12-9-22(28)29-25/h5-6,13,16,18-20H,7-12,14-15H2,1-4H3/t16-,18+,19-,20-,23-,24-,25+/m0/s1. The molecule has 0 aromatic rings. The first-order valence-corrected chi connectivity index (χ1v) is 11.5. The number of ether oxygens (including phenoxy) is 1. The zero-order chi connectivity index (χ0) is 20.6. The molecule has 0 amide bonds. The van der Waals surface area contributed by atoms with Crippen LogP contribution in [0.4, 0.5) is 0 Å². The first-order valence-electron chi connectivity index (χ1n) is 11.5. The van der Waals surface area contributed by atoms with Crippen LogP contribution < -0.4 is 0 Å². The fourth-order valence-electron chi connectivity index (χ4n) is 8.08. The summed E-state index contributed by atoms with van der Waals surface area (Å²) in [6.07, 6.45) is 13.6. The summed E-state index contributed by atoms with van der Waals surface area (Å²) < 4.78 is 6.04. The number of allylic oxidation sites excluding steroid dienone is 4. The van der Waals surface area contributed by atoms with Crippen LogP contribution in [0.25, 0.3) is 0 Å². The number of fused-ring (bicyclic) bond motifs is 6. The first kappa shape index (κ1) is 19.5. The lowest BCUT2D eigenvalue weighted by Crippen LogP contribution is -2.54. The van der Waals surface area contributed by atoms with E-state index in [1.807, 2.05) is 6.08 Å². The predicted octanol–water partition coefficient (Wildman–Crippen LogP) is 4.16. The number of hydrogen-bond acceptors (Lipinski definition) is 4. The maximum absolute atomic E-state index is 12.7. The molecule has 29 heavy (non-hydrogen) atoms. The van der Waals surface area contributed by atoms with E-state index >= 15 is 0 Å². The van der Waals surface area contributed by atoms with Crippen molar-refractivity contribution in [2.75, 3.05) is 20.6 Å². The maximum atomic E-state index is 12.7.